The van der Waals surface area contributed by atoms with Crippen molar-refractivity contribution in [1.82, 2.24) is 19.1 Å². The predicted molar refractivity (Wildman–Crippen MR) is 189 cm³/mol. The lowest BCUT2D eigenvalue weighted by atomic mass is 10.1. The van der Waals surface area contributed by atoms with Gasteiger partial charge in [0.15, 0.2) is 0 Å². The van der Waals surface area contributed by atoms with Gasteiger partial charge in [0.25, 0.3) is 0 Å². The predicted octanol–water partition coefficient (Wildman–Crippen LogP) is 7.32. The van der Waals surface area contributed by atoms with Crippen LogP contribution >= 0.6 is 0 Å². The van der Waals surface area contributed by atoms with Crippen molar-refractivity contribution in [1.29, 1.82) is 0 Å². The second-order valence-electron chi connectivity index (χ2n) is 13.2. The summed E-state index contributed by atoms with van der Waals surface area (Å²) >= 11 is 0. The third-order valence-corrected chi connectivity index (χ3v) is 6.61. The number of hydrogen-bond donors (Lipinski definition) is 4. The Morgan fingerprint density at radius 2 is 1.23 bits per heavy atom. The van der Waals surface area contributed by atoms with Crippen LogP contribution < -0.4 is 22.5 Å². The highest BCUT2D eigenvalue weighted by molar-refractivity contribution is 5.91. The van der Waals surface area contributed by atoms with Crippen molar-refractivity contribution in [3.63, 3.8) is 0 Å². The molecule has 48 heavy (non-hydrogen) atoms. The molecule has 13 heteroatoms. The molecular formula is C35H48N8O5. The largest absolute Gasteiger partial charge is 0.443 e. The molecule has 2 heterocycles. The molecule has 258 valence electrons. The first-order chi connectivity index (χ1) is 22.5. The van der Waals surface area contributed by atoms with Crippen molar-refractivity contribution in [2.75, 3.05) is 22.5 Å². The smallest absolute Gasteiger partial charge is 0.421 e. The summed E-state index contributed by atoms with van der Waals surface area (Å²) in [4.78, 5) is 44.9. The van der Waals surface area contributed by atoms with Gasteiger partial charge in [-0.25, -0.2) is 28.7 Å². The molecule has 0 saturated carbocycles. The number of imidazole rings is 2. The van der Waals surface area contributed by atoms with E-state index >= 15 is 0 Å². The SMILES string of the molecule is CC(C)(C)OC(=O)n1c(-c2cccc(N)c2)cnc1N.CCCCCCC(=O)Nc1cccc(-c2cnc(N)n2C(=O)OC(C)(C)C)c1. The maximum absolute atomic E-state index is 12.5. The summed E-state index contributed by atoms with van der Waals surface area (Å²) in [6.07, 6.45) is 6.58. The number of rotatable bonds is 8. The van der Waals surface area contributed by atoms with Crippen molar-refractivity contribution < 1.29 is 23.9 Å². The Bertz CT molecular complexity index is 1710. The van der Waals surface area contributed by atoms with Gasteiger partial charge in [-0.2, -0.15) is 0 Å². The zero-order valence-electron chi connectivity index (χ0n) is 28.9. The number of carbonyl (C=O) groups excluding carboxylic acids is 3. The Labute approximate surface area is 281 Å². The Balaban J connectivity index is 0.000000275. The van der Waals surface area contributed by atoms with Crippen LogP contribution in [0.2, 0.25) is 0 Å². The Kier molecular flexibility index (Phi) is 12.4. The second-order valence-corrected chi connectivity index (χ2v) is 13.2. The summed E-state index contributed by atoms with van der Waals surface area (Å²) in [6, 6.07) is 14.4. The first-order valence-electron chi connectivity index (χ1n) is 15.9. The molecule has 0 spiro atoms. The zero-order valence-corrected chi connectivity index (χ0v) is 28.9. The fourth-order valence-electron chi connectivity index (χ4n) is 4.53. The number of nitrogens with two attached hydrogens (primary N) is 3. The number of hydrogen-bond acceptors (Lipinski definition) is 10. The van der Waals surface area contributed by atoms with E-state index in [1.54, 1.807) is 65.8 Å². The average Bonchev–Trinajstić information content (AvgIpc) is 3.56. The summed E-state index contributed by atoms with van der Waals surface area (Å²) in [6.45, 7) is 12.9. The quantitative estimate of drug-likeness (QED) is 0.110. The van der Waals surface area contributed by atoms with Crippen LogP contribution in [-0.4, -0.2) is 48.4 Å². The number of nitrogens with one attached hydrogen (secondary N) is 1. The standard InChI is InChI=1S/C21H30N4O3.C14H18N4O2/c1-5-6-7-8-12-18(26)24-16-11-9-10-15(13-16)17-14-23-19(22)25(17)20(27)28-21(2,3)4;1-14(2,3)20-13(19)18-11(8-17-12(18)16)9-5-4-6-10(15)7-9/h9-11,13-14H,5-8,12H2,1-4H3,(H2,22,23)(H,24,26);4-8H,15H2,1-3H3,(H2,16,17). The van der Waals surface area contributed by atoms with Gasteiger partial charge in [-0.15, -0.1) is 0 Å². The van der Waals surface area contributed by atoms with Crippen LogP contribution in [0.5, 0.6) is 0 Å². The first-order valence-corrected chi connectivity index (χ1v) is 15.9. The third-order valence-electron chi connectivity index (χ3n) is 6.61. The van der Waals surface area contributed by atoms with Gasteiger partial charge in [-0.3, -0.25) is 4.79 Å². The highest BCUT2D eigenvalue weighted by Crippen LogP contribution is 2.27. The minimum absolute atomic E-state index is 0.0200. The summed E-state index contributed by atoms with van der Waals surface area (Å²) in [5.74, 6) is 0.111. The number of aromatic nitrogens is 4. The number of benzene rings is 2. The number of nitrogens with zero attached hydrogens (tertiary/aromatic N) is 4. The van der Waals surface area contributed by atoms with E-state index in [1.165, 1.54) is 21.5 Å². The van der Waals surface area contributed by atoms with E-state index in [1.807, 2.05) is 24.3 Å². The number of anilines is 4. The van der Waals surface area contributed by atoms with Gasteiger partial charge in [0.2, 0.25) is 17.8 Å². The van der Waals surface area contributed by atoms with Gasteiger partial charge in [-0.1, -0.05) is 50.5 Å². The number of ether oxygens (including phenoxy) is 2. The molecule has 4 rings (SSSR count). The normalized spacial score (nSPS) is 11.3. The van der Waals surface area contributed by atoms with E-state index in [0.717, 1.165) is 31.2 Å². The second kappa shape index (κ2) is 16.0. The minimum atomic E-state index is -0.654. The summed E-state index contributed by atoms with van der Waals surface area (Å²) in [5, 5.41) is 2.91. The van der Waals surface area contributed by atoms with Gasteiger partial charge >= 0.3 is 12.2 Å². The van der Waals surface area contributed by atoms with Gasteiger partial charge in [0, 0.05) is 28.9 Å². The molecule has 0 aliphatic carbocycles. The molecule has 1 amide bonds. The minimum Gasteiger partial charge on any atom is -0.443 e. The number of nitrogen functional groups attached to an aromatic ring is 3. The molecule has 0 radical (unpaired) electrons. The lowest BCUT2D eigenvalue weighted by Gasteiger charge is -2.20. The fraction of sp³-hybridized carbons (Fsp3) is 0.400. The van der Waals surface area contributed by atoms with Crippen LogP contribution in [0.1, 0.15) is 80.6 Å². The molecule has 2 aromatic carbocycles. The molecule has 0 fully saturated rings. The van der Waals surface area contributed by atoms with Crippen LogP contribution in [0.3, 0.4) is 0 Å². The van der Waals surface area contributed by atoms with Gasteiger partial charge in [0.1, 0.15) is 11.2 Å². The molecule has 4 aromatic rings. The highest BCUT2D eigenvalue weighted by Gasteiger charge is 2.24. The van der Waals surface area contributed by atoms with E-state index in [-0.39, 0.29) is 17.8 Å². The van der Waals surface area contributed by atoms with Crippen molar-refractivity contribution >= 4 is 41.4 Å². The number of carbonyl (C=O) groups is 3. The van der Waals surface area contributed by atoms with Crippen molar-refractivity contribution in [2.45, 2.75) is 91.8 Å². The molecule has 0 atom stereocenters. The Morgan fingerprint density at radius 3 is 1.71 bits per heavy atom. The monoisotopic (exact) mass is 660 g/mol. The van der Waals surface area contributed by atoms with Crippen LogP contribution in [0, 0.1) is 0 Å². The van der Waals surface area contributed by atoms with E-state index in [2.05, 4.69) is 22.2 Å². The average molecular weight is 661 g/mol. The highest BCUT2D eigenvalue weighted by atomic mass is 16.6. The first kappa shape index (κ1) is 37.1. The fourth-order valence-corrected chi connectivity index (χ4v) is 4.53. The number of amides is 1. The van der Waals surface area contributed by atoms with Crippen LogP contribution in [-0.2, 0) is 14.3 Å². The lowest BCUT2D eigenvalue weighted by molar-refractivity contribution is -0.116. The topological polar surface area (TPSA) is 195 Å². The summed E-state index contributed by atoms with van der Waals surface area (Å²) in [5.41, 5.74) is 19.9. The van der Waals surface area contributed by atoms with Crippen LogP contribution in [0.4, 0.5) is 32.9 Å². The summed E-state index contributed by atoms with van der Waals surface area (Å²) < 4.78 is 13.2. The maximum atomic E-state index is 12.5. The van der Waals surface area contributed by atoms with Gasteiger partial charge in [0.05, 0.1) is 23.8 Å². The molecule has 2 aromatic heterocycles. The summed E-state index contributed by atoms with van der Waals surface area (Å²) in [7, 11) is 0. The Hall–Kier alpha value is -5.33. The molecule has 0 aliphatic rings. The van der Waals surface area contributed by atoms with Gasteiger partial charge in [-0.05, 0) is 72.2 Å². The Morgan fingerprint density at radius 1 is 0.729 bits per heavy atom. The van der Waals surface area contributed by atoms with Gasteiger partial charge < -0.3 is 32.0 Å². The molecule has 7 N–H and O–H groups in total. The molecule has 0 saturated heterocycles. The molecule has 0 unspecified atom stereocenters. The molecule has 0 bridgehead atoms. The van der Waals surface area contributed by atoms with Crippen LogP contribution in [0.15, 0.2) is 60.9 Å². The van der Waals surface area contributed by atoms with Crippen molar-refractivity contribution in [3.8, 4) is 22.5 Å². The molecular weight excluding hydrogens is 612 g/mol. The van der Waals surface area contributed by atoms with Crippen molar-refractivity contribution in [2.24, 2.45) is 0 Å². The van der Waals surface area contributed by atoms with E-state index in [0.29, 0.717) is 34.7 Å². The lowest BCUT2D eigenvalue weighted by Crippen LogP contribution is -2.28. The zero-order chi connectivity index (χ0) is 35.6. The maximum Gasteiger partial charge on any atom is 0.421 e. The molecule has 13 nitrogen and oxygen atoms in total. The van der Waals surface area contributed by atoms with E-state index < -0.39 is 23.4 Å². The van der Waals surface area contributed by atoms with E-state index in [4.69, 9.17) is 26.7 Å². The van der Waals surface area contributed by atoms with Crippen molar-refractivity contribution in [3.05, 3.63) is 60.9 Å². The molecule has 0 aliphatic heterocycles. The number of unbranched alkanes of at least 4 members (excludes halogenated alkanes) is 3. The van der Waals surface area contributed by atoms with Crippen LogP contribution in [0.25, 0.3) is 22.5 Å². The van der Waals surface area contributed by atoms with E-state index in [9.17, 15) is 14.4 Å². The third kappa shape index (κ3) is 10.9.